The number of nitrogens with zero attached hydrogens (tertiary/aromatic N) is 2. The molecule has 7 rings (SSSR count). The highest BCUT2D eigenvalue weighted by Gasteiger charge is 2.48. The van der Waals surface area contributed by atoms with E-state index in [-0.39, 0.29) is 11.4 Å². The summed E-state index contributed by atoms with van der Waals surface area (Å²) < 4.78 is 18.5. The van der Waals surface area contributed by atoms with Crippen LogP contribution in [0.4, 0.5) is 0 Å². The van der Waals surface area contributed by atoms with Crippen LogP contribution >= 0.6 is 0 Å². The minimum Gasteiger partial charge on any atom is -0.493 e. The highest BCUT2D eigenvalue weighted by atomic mass is 16.5. The van der Waals surface area contributed by atoms with Gasteiger partial charge < -0.3 is 19.5 Å². The number of pyridine rings is 1. The molecule has 0 bridgehead atoms. The average molecular weight is 538 g/mol. The van der Waals surface area contributed by atoms with Crippen molar-refractivity contribution in [3.63, 3.8) is 0 Å². The first-order valence-corrected chi connectivity index (χ1v) is 14.3. The normalized spacial score (nSPS) is 17.7. The highest BCUT2D eigenvalue weighted by molar-refractivity contribution is 6.07. The van der Waals surface area contributed by atoms with Gasteiger partial charge in [-0.25, -0.2) is 0 Å². The Kier molecular flexibility index (Phi) is 6.27. The Hall–Kier alpha value is -3.84. The summed E-state index contributed by atoms with van der Waals surface area (Å²) in [6.07, 6.45) is 8.92. The van der Waals surface area contributed by atoms with Crippen molar-refractivity contribution in [1.82, 2.24) is 15.2 Å². The molecule has 0 radical (unpaired) electrons. The molecule has 4 aromatic rings. The molecule has 3 fully saturated rings. The van der Waals surface area contributed by atoms with E-state index in [2.05, 4.69) is 22.2 Å². The van der Waals surface area contributed by atoms with Gasteiger partial charge in [-0.05, 0) is 98.7 Å². The van der Waals surface area contributed by atoms with Gasteiger partial charge in [-0.2, -0.15) is 0 Å². The molecule has 0 unspecified atom stereocenters. The molecule has 1 N–H and O–H groups in total. The summed E-state index contributed by atoms with van der Waals surface area (Å²) in [5, 5.41) is 5.79. The van der Waals surface area contributed by atoms with E-state index in [0.29, 0.717) is 41.2 Å². The number of ether oxygens (including phenoxy) is 3. The lowest BCUT2D eigenvalue weighted by Gasteiger charge is -2.28. The third-order valence-electron chi connectivity index (χ3n) is 8.59. The number of amides is 1. The molecule has 7 heteroatoms. The van der Waals surface area contributed by atoms with E-state index in [1.54, 1.807) is 13.3 Å². The number of carbonyl (C=O) groups is 1. The Bertz CT molecular complexity index is 1590. The second kappa shape index (κ2) is 9.97. The number of likely N-dealkylation sites (N-methyl/N-ethyl adjacent to an activating group) is 1. The van der Waals surface area contributed by atoms with E-state index >= 15 is 0 Å². The van der Waals surface area contributed by atoms with E-state index in [4.69, 9.17) is 14.2 Å². The first-order chi connectivity index (χ1) is 19.5. The summed E-state index contributed by atoms with van der Waals surface area (Å²) in [6.45, 7) is 1.80. The van der Waals surface area contributed by atoms with Crippen LogP contribution in [0.25, 0.3) is 21.7 Å². The van der Waals surface area contributed by atoms with E-state index in [1.807, 2.05) is 54.6 Å². The average Bonchev–Trinajstić information content (AvgIpc) is 3.82. The summed E-state index contributed by atoms with van der Waals surface area (Å²) in [5.41, 5.74) is 1.61. The minimum absolute atomic E-state index is 0.0193. The number of hydrogen-bond acceptors (Lipinski definition) is 6. The molecule has 40 heavy (non-hydrogen) atoms. The lowest BCUT2D eigenvalue weighted by Crippen LogP contribution is -2.40. The molecule has 7 nitrogen and oxygen atoms in total. The fourth-order valence-electron chi connectivity index (χ4n) is 5.50. The van der Waals surface area contributed by atoms with Crippen molar-refractivity contribution in [2.45, 2.75) is 50.1 Å². The maximum Gasteiger partial charge on any atom is 0.252 e. The third-order valence-corrected chi connectivity index (χ3v) is 8.59. The van der Waals surface area contributed by atoms with Gasteiger partial charge in [0.25, 0.3) is 5.91 Å². The van der Waals surface area contributed by atoms with E-state index in [1.165, 1.54) is 25.7 Å². The van der Waals surface area contributed by atoms with Crippen LogP contribution in [0, 0.1) is 5.92 Å². The number of fused-ring (bicyclic) bond motifs is 2. The molecular weight excluding hydrogens is 502 g/mol. The topological polar surface area (TPSA) is 72.9 Å². The highest BCUT2D eigenvalue weighted by Crippen LogP contribution is 2.45. The van der Waals surface area contributed by atoms with Crippen LogP contribution in [0.3, 0.4) is 0 Å². The quantitative estimate of drug-likeness (QED) is 0.241. The van der Waals surface area contributed by atoms with Gasteiger partial charge in [0.1, 0.15) is 18.1 Å². The number of nitrogens with one attached hydrogen (secondary N) is 1. The van der Waals surface area contributed by atoms with Crippen LogP contribution < -0.4 is 19.5 Å². The monoisotopic (exact) mass is 537 g/mol. The van der Waals surface area contributed by atoms with Crippen molar-refractivity contribution >= 4 is 27.6 Å². The summed E-state index contributed by atoms with van der Waals surface area (Å²) in [5.74, 6) is 3.57. The zero-order valence-corrected chi connectivity index (χ0v) is 23.1. The van der Waals surface area contributed by atoms with Crippen LogP contribution in [0.2, 0.25) is 0 Å². The van der Waals surface area contributed by atoms with Crippen LogP contribution in [0.15, 0.2) is 60.8 Å². The van der Waals surface area contributed by atoms with Crippen molar-refractivity contribution in [2.75, 3.05) is 27.3 Å². The first kappa shape index (κ1) is 25.1. The molecule has 0 atom stereocenters. The second-order valence-electron chi connectivity index (χ2n) is 11.7. The SMILES string of the molecule is COc1cc2c(Oc3ccc4c(C(=O)NC5CC5)cccc4c3)ccnc2cc1OCC1(N(C)CC2CC2)CC1. The molecule has 0 saturated heterocycles. The van der Waals surface area contributed by atoms with Crippen molar-refractivity contribution in [2.24, 2.45) is 5.92 Å². The summed E-state index contributed by atoms with van der Waals surface area (Å²) in [6, 6.07) is 17.7. The lowest BCUT2D eigenvalue weighted by atomic mass is 10.0. The van der Waals surface area contributed by atoms with Gasteiger partial charge >= 0.3 is 0 Å². The Morgan fingerprint density at radius 3 is 2.60 bits per heavy atom. The Balaban J connectivity index is 1.12. The smallest absolute Gasteiger partial charge is 0.252 e. The van der Waals surface area contributed by atoms with Crippen LogP contribution in [0.5, 0.6) is 23.0 Å². The van der Waals surface area contributed by atoms with E-state index < -0.39 is 0 Å². The minimum atomic E-state index is -0.0193. The van der Waals surface area contributed by atoms with E-state index in [9.17, 15) is 4.79 Å². The van der Waals surface area contributed by atoms with Crippen molar-refractivity contribution in [3.05, 3.63) is 66.4 Å². The van der Waals surface area contributed by atoms with E-state index in [0.717, 1.165) is 47.0 Å². The largest absolute Gasteiger partial charge is 0.493 e. The predicted octanol–water partition coefficient (Wildman–Crippen LogP) is 6.33. The molecule has 0 spiro atoms. The molecule has 1 amide bonds. The van der Waals surface area contributed by atoms with Crippen LogP contribution in [-0.4, -0.2) is 54.7 Å². The first-order valence-electron chi connectivity index (χ1n) is 14.3. The molecule has 1 aromatic heterocycles. The number of carbonyl (C=O) groups excluding carboxylic acids is 1. The Labute approximate surface area is 234 Å². The molecule has 0 aliphatic heterocycles. The summed E-state index contributed by atoms with van der Waals surface area (Å²) >= 11 is 0. The van der Waals surface area contributed by atoms with Crippen LogP contribution in [0.1, 0.15) is 48.9 Å². The number of methoxy groups -OCH3 is 1. The molecular formula is C33H35N3O4. The summed E-state index contributed by atoms with van der Waals surface area (Å²) in [7, 11) is 3.89. The fraction of sp³-hybridized carbons (Fsp3) is 0.394. The molecule has 3 aromatic carbocycles. The van der Waals surface area contributed by atoms with Gasteiger partial charge in [-0.3, -0.25) is 14.7 Å². The number of hydrogen-bond donors (Lipinski definition) is 1. The molecule has 1 heterocycles. The standard InChI is InChI=1S/C33H35N3O4/c1-36(19-21-6-7-21)33(13-14-33)20-39-31-18-28-27(17-30(31)38-2)29(12-15-34-28)40-24-10-11-25-22(16-24)4-3-5-26(25)32(37)35-23-8-9-23/h3-5,10-12,15-18,21,23H,6-9,13-14,19-20H2,1-2H3,(H,35,37). The number of benzene rings is 3. The number of rotatable bonds is 11. The van der Waals surface area contributed by atoms with Gasteiger partial charge in [0.15, 0.2) is 11.5 Å². The van der Waals surface area contributed by atoms with Crippen molar-refractivity contribution < 1.29 is 19.0 Å². The van der Waals surface area contributed by atoms with Crippen molar-refractivity contribution in [1.29, 1.82) is 0 Å². The zero-order chi connectivity index (χ0) is 27.3. The number of aromatic nitrogens is 1. The molecule has 206 valence electrons. The molecule has 3 aliphatic rings. The van der Waals surface area contributed by atoms with Crippen LogP contribution in [-0.2, 0) is 0 Å². The summed E-state index contributed by atoms with van der Waals surface area (Å²) in [4.78, 5) is 19.8. The van der Waals surface area contributed by atoms with Gasteiger partial charge in [0.05, 0.1) is 18.2 Å². The van der Waals surface area contributed by atoms with Gasteiger partial charge in [0, 0.05) is 35.8 Å². The zero-order valence-electron chi connectivity index (χ0n) is 23.1. The fourth-order valence-corrected chi connectivity index (χ4v) is 5.50. The Morgan fingerprint density at radius 1 is 1.00 bits per heavy atom. The predicted molar refractivity (Wildman–Crippen MR) is 156 cm³/mol. The lowest BCUT2D eigenvalue weighted by molar-refractivity contribution is 0.0952. The maximum absolute atomic E-state index is 12.7. The molecule has 3 saturated carbocycles. The van der Waals surface area contributed by atoms with Gasteiger partial charge in [-0.15, -0.1) is 0 Å². The van der Waals surface area contributed by atoms with Gasteiger partial charge in [0.2, 0.25) is 0 Å². The molecule has 3 aliphatic carbocycles. The third kappa shape index (κ3) is 5.06. The second-order valence-corrected chi connectivity index (χ2v) is 11.7. The van der Waals surface area contributed by atoms with Gasteiger partial charge in [-0.1, -0.05) is 12.1 Å². The maximum atomic E-state index is 12.7. The van der Waals surface area contributed by atoms with Crippen molar-refractivity contribution in [3.8, 4) is 23.0 Å². The Morgan fingerprint density at radius 2 is 1.85 bits per heavy atom.